The Morgan fingerprint density at radius 3 is 2.77 bits per heavy atom. The Balaban J connectivity index is 1.26. The summed E-state index contributed by atoms with van der Waals surface area (Å²) in [5, 5.41) is 3.64. The van der Waals surface area contributed by atoms with Crippen LogP contribution in [0.3, 0.4) is 0 Å². The van der Waals surface area contributed by atoms with Crippen LogP contribution in [-0.4, -0.2) is 45.9 Å². The Hall–Kier alpha value is -2.86. The lowest BCUT2D eigenvalue weighted by atomic mass is 9.96. The zero-order valence-electron chi connectivity index (χ0n) is 16.8. The summed E-state index contributed by atoms with van der Waals surface area (Å²) >= 11 is 5.91. The van der Waals surface area contributed by atoms with Crippen LogP contribution in [0.5, 0.6) is 0 Å². The highest BCUT2D eigenvalue weighted by atomic mass is 35.5. The normalized spacial score (nSPS) is 16.6. The number of benzene rings is 2. The lowest BCUT2D eigenvalue weighted by molar-refractivity contribution is -0.126. The second-order valence-corrected chi connectivity index (χ2v) is 8.10. The van der Waals surface area contributed by atoms with Crippen molar-refractivity contribution in [3.8, 4) is 0 Å². The van der Waals surface area contributed by atoms with Gasteiger partial charge >= 0.3 is 0 Å². The average Bonchev–Trinajstić information content (AvgIpc) is 3.20. The molecule has 6 nitrogen and oxygen atoms in total. The molecular formula is C23H25ClN4O2. The molecule has 0 bridgehead atoms. The summed E-state index contributed by atoms with van der Waals surface area (Å²) in [6.45, 7) is 2.54. The van der Waals surface area contributed by atoms with Crippen molar-refractivity contribution in [3.05, 3.63) is 65.4 Å². The largest absolute Gasteiger partial charge is 0.356 e. The van der Waals surface area contributed by atoms with Crippen molar-refractivity contribution < 1.29 is 9.59 Å². The minimum atomic E-state index is -0.163. The van der Waals surface area contributed by atoms with E-state index < -0.39 is 0 Å². The summed E-state index contributed by atoms with van der Waals surface area (Å²) in [6, 6.07) is 14.9. The van der Waals surface area contributed by atoms with E-state index >= 15 is 0 Å². The van der Waals surface area contributed by atoms with Crippen molar-refractivity contribution in [3.63, 3.8) is 0 Å². The molecule has 2 heterocycles. The van der Waals surface area contributed by atoms with E-state index in [-0.39, 0.29) is 17.7 Å². The molecule has 1 atom stereocenters. The first-order chi connectivity index (χ1) is 14.6. The van der Waals surface area contributed by atoms with Gasteiger partial charge in [0.05, 0.1) is 23.3 Å². The van der Waals surface area contributed by atoms with Gasteiger partial charge in [0.15, 0.2) is 0 Å². The highest BCUT2D eigenvalue weighted by Crippen LogP contribution is 2.20. The molecule has 1 aliphatic heterocycles. The van der Waals surface area contributed by atoms with Crippen molar-refractivity contribution in [2.24, 2.45) is 5.92 Å². The monoisotopic (exact) mass is 424 g/mol. The molecular weight excluding hydrogens is 400 g/mol. The van der Waals surface area contributed by atoms with E-state index in [1.54, 1.807) is 29.2 Å². The molecule has 30 heavy (non-hydrogen) atoms. The van der Waals surface area contributed by atoms with Crippen LogP contribution in [0.15, 0.2) is 54.9 Å². The van der Waals surface area contributed by atoms with Crippen molar-refractivity contribution in [1.29, 1.82) is 0 Å². The van der Waals surface area contributed by atoms with Crippen molar-refractivity contribution >= 4 is 34.4 Å². The molecule has 1 aromatic heterocycles. The van der Waals surface area contributed by atoms with Gasteiger partial charge in [-0.2, -0.15) is 0 Å². The van der Waals surface area contributed by atoms with Gasteiger partial charge in [0.2, 0.25) is 5.91 Å². The lowest BCUT2D eigenvalue weighted by Crippen LogP contribution is -2.45. The van der Waals surface area contributed by atoms with Crippen LogP contribution in [0.1, 0.15) is 29.6 Å². The number of carbonyl (C=O) groups excluding carboxylic acids is 2. The lowest BCUT2D eigenvalue weighted by Gasteiger charge is -2.32. The number of likely N-dealkylation sites (tertiary alicyclic amines) is 1. The minimum Gasteiger partial charge on any atom is -0.356 e. The Morgan fingerprint density at radius 1 is 1.13 bits per heavy atom. The first-order valence-corrected chi connectivity index (χ1v) is 10.7. The molecule has 4 rings (SSSR count). The summed E-state index contributed by atoms with van der Waals surface area (Å²) < 4.78 is 2.11. The average molecular weight is 425 g/mol. The number of hydrogen-bond donors (Lipinski definition) is 1. The maximum absolute atomic E-state index is 12.7. The van der Waals surface area contributed by atoms with Gasteiger partial charge in [-0.25, -0.2) is 4.98 Å². The molecule has 0 aliphatic carbocycles. The molecule has 2 aromatic carbocycles. The van der Waals surface area contributed by atoms with Crippen molar-refractivity contribution in [1.82, 2.24) is 19.8 Å². The van der Waals surface area contributed by atoms with Gasteiger partial charge in [-0.3, -0.25) is 9.59 Å². The maximum Gasteiger partial charge on any atom is 0.253 e. The third-order valence-electron chi connectivity index (χ3n) is 5.57. The maximum atomic E-state index is 12.7. The van der Waals surface area contributed by atoms with Crippen LogP contribution in [0.2, 0.25) is 5.02 Å². The predicted molar refractivity (Wildman–Crippen MR) is 117 cm³/mol. The van der Waals surface area contributed by atoms with E-state index in [0.717, 1.165) is 36.8 Å². The van der Waals surface area contributed by atoms with Crippen LogP contribution < -0.4 is 5.32 Å². The van der Waals surface area contributed by atoms with Crippen LogP contribution >= 0.6 is 11.6 Å². The summed E-state index contributed by atoms with van der Waals surface area (Å²) in [4.78, 5) is 31.5. The van der Waals surface area contributed by atoms with Crippen LogP contribution in [0, 0.1) is 5.92 Å². The summed E-state index contributed by atoms with van der Waals surface area (Å²) in [5.41, 5.74) is 2.69. The quantitative estimate of drug-likeness (QED) is 0.613. The molecule has 3 aromatic rings. The Kier molecular flexibility index (Phi) is 6.33. The number of nitrogens with one attached hydrogen (secondary N) is 1. The van der Waals surface area contributed by atoms with E-state index in [2.05, 4.69) is 20.9 Å². The fraction of sp³-hybridized carbons (Fsp3) is 0.348. The molecule has 1 unspecified atom stereocenters. The number of halogens is 1. The van der Waals surface area contributed by atoms with E-state index in [1.807, 2.05) is 24.5 Å². The number of aryl methyl sites for hydroxylation is 1. The highest BCUT2D eigenvalue weighted by molar-refractivity contribution is 6.30. The molecule has 1 fully saturated rings. The number of rotatable bonds is 6. The summed E-state index contributed by atoms with van der Waals surface area (Å²) in [6.07, 6.45) is 4.31. The van der Waals surface area contributed by atoms with Crippen LogP contribution in [0.25, 0.3) is 11.0 Å². The zero-order valence-corrected chi connectivity index (χ0v) is 17.5. The molecule has 1 saturated heterocycles. The molecule has 0 spiro atoms. The molecule has 1 aliphatic rings. The SMILES string of the molecule is O=C(NCCCn1cnc2ccccc21)C1CCCN(C(=O)c2ccc(Cl)cc2)C1. The third-order valence-corrected chi connectivity index (χ3v) is 5.82. The fourth-order valence-corrected chi connectivity index (χ4v) is 4.07. The molecule has 0 radical (unpaired) electrons. The Labute approximate surface area is 180 Å². The predicted octanol–water partition coefficient (Wildman–Crippen LogP) is 3.75. The van der Waals surface area contributed by atoms with Crippen LogP contribution in [-0.2, 0) is 11.3 Å². The number of piperidine rings is 1. The number of amides is 2. The van der Waals surface area contributed by atoms with E-state index in [0.29, 0.717) is 30.2 Å². The van der Waals surface area contributed by atoms with E-state index in [4.69, 9.17) is 11.6 Å². The van der Waals surface area contributed by atoms with Crippen molar-refractivity contribution in [2.45, 2.75) is 25.8 Å². The summed E-state index contributed by atoms with van der Waals surface area (Å²) in [5.74, 6) is -0.181. The molecule has 1 N–H and O–H groups in total. The van der Waals surface area contributed by atoms with Gasteiger partial charge < -0.3 is 14.8 Å². The molecule has 156 valence electrons. The Morgan fingerprint density at radius 2 is 1.93 bits per heavy atom. The van der Waals surface area contributed by atoms with E-state index in [1.165, 1.54) is 0 Å². The second kappa shape index (κ2) is 9.30. The number of para-hydroxylation sites is 2. The summed E-state index contributed by atoms with van der Waals surface area (Å²) in [7, 11) is 0. The number of carbonyl (C=O) groups is 2. The second-order valence-electron chi connectivity index (χ2n) is 7.67. The topological polar surface area (TPSA) is 67.2 Å². The van der Waals surface area contributed by atoms with Gasteiger partial charge in [-0.1, -0.05) is 23.7 Å². The fourth-order valence-electron chi connectivity index (χ4n) is 3.94. The van der Waals surface area contributed by atoms with Crippen LogP contribution in [0.4, 0.5) is 0 Å². The zero-order chi connectivity index (χ0) is 20.9. The third kappa shape index (κ3) is 4.65. The van der Waals surface area contributed by atoms with Gasteiger partial charge in [0, 0.05) is 36.8 Å². The first-order valence-electron chi connectivity index (χ1n) is 10.3. The van der Waals surface area contributed by atoms with Gasteiger partial charge in [-0.15, -0.1) is 0 Å². The van der Waals surface area contributed by atoms with Gasteiger partial charge in [0.25, 0.3) is 5.91 Å². The molecule has 2 amide bonds. The number of hydrogen-bond acceptors (Lipinski definition) is 3. The van der Waals surface area contributed by atoms with E-state index in [9.17, 15) is 9.59 Å². The standard InChI is InChI=1S/C23H25ClN4O2/c24-19-10-8-17(9-11-19)23(30)27-13-3-5-18(15-27)22(29)25-12-4-14-28-16-26-20-6-1-2-7-21(20)28/h1-2,6-11,16,18H,3-5,12-15H2,(H,25,29). The minimum absolute atomic E-state index is 0.0269. The van der Waals surface area contributed by atoms with Gasteiger partial charge in [-0.05, 0) is 55.7 Å². The number of nitrogens with zero attached hydrogens (tertiary/aromatic N) is 3. The van der Waals surface area contributed by atoms with Gasteiger partial charge in [0.1, 0.15) is 0 Å². The smallest absolute Gasteiger partial charge is 0.253 e. The Bertz CT molecular complexity index is 1030. The number of fused-ring (bicyclic) bond motifs is 1. The highest BCUT2D eigenvalue weighted by Gasteiger charge is 2.28. The first kappa shape index (κ1) is 20.4. The molecule has 0 saturated carbocycles. The number of aromatic nitrogens is 2. The molecule has 7 heteroatoms. The number of imidazole rings is 1. The van der Waals surface area contributed by atoms with Crippen molar-refractivity contribution in [2.75, 3.05) is 19.6 Å².